The van der Waals surface area contributed by atoms with Crippen LogP contribution in [-0.2, 0) is 14.3 Å². The largest absolute Gasteiger partial charge is 0.478 e. The zero-order valence-electron chi connectivity index (χ0n) is 8.21. The van der Waals surface area contributed by atoms with Gasteiger partial charge < -0.3 is 9.84 Å². The average molecular weight is 198 g/mol. The van der Waals surface area contributed by atoms with Crippen LogP contribution in [0.4, 0.5) is 0 Å². The third kappa shape index (κ3) is 1.13. The van der Waals surface area contributed by atoms with Crippen LogP contribution in [0.5, 0.6) is 0 Å². The summed E-state index contributed by atoms with van der Waals surface area (Å²) in [6.45, 7) is 1.49. The van der Waals surface area contributed by atoms with Gasteiger partial charge in [-0.1, -0.05) is 12.8 Å². The molecule has 0 bridgehead atoms. The molecule has 1 heterocycles. The van der Waals surface area contributed by atoms with Gasteiger partial charge in [-0.05, 0) is 19.8 Å². The number of carboxylic acid groups (broad SMARTS) is 1. The van der Waals surface area contributed by atoms with Gasteiger partial charge in [0.2, 0.25) is 5.60 Å². The van der Waals surface area contributed by atoms with Gasteiger partial charge >= 0.3 is 11.9 Å². The Balaban J connectivity index is 2.26. The summed E-state index contributed by atoms with van der Waals surface area (Å²) in [5.41, 5.74) is -1.77. The Morgan fingerprint density at radius 3 is 2.43 bits per heavy atom. The zero-order chi connectivity index (χ0) is 10.4. The number of cyclic esters (lactones) is 1. The zero-order valence-corrected chi connectivity index (χ0v) is 8.21. The van der Waals surface area contributed by atoms with Crippen LogP contribution < -0.4 is 0 Å². The fourth-order valence-electron chi connectivity index (χ4n) is 2.62. The van der Waals surface area contributed by atoms with Crippen LogP contribution in [0, 0.1) is 5.41 Å². The molecule has 1 saturated heterocycles. The molecule has 1 unspecified atom stereocenters. The highest BCUT2D eigenvalue weighted by atomic mass is 16.6. The Kier molecular flexibility index (Phi) is 1.84. The lowest BCUT2D eigenvalue weighted by Gasteiger charge is -2.18. The molecular weight excluding hydrogens is 184 g/mol. The summed E-state index contributed by atoms with van der Waals surface area (Å²) in [5, 5.41) is 8.96. The smallest absolute Gasteiger partial charge is 0.347 e. The van der Waals surface area contributed by atoms with Crippen molar-refractivity contribution >= 4 is 11.9 Å². The minimum atomic E-state index is -1.29. The van der Waals surface area contributed by atoms with Gasteiger partial charge in [-0.15, -0.1) is 0 Å². The first-order valence-corrected chi connectivity index (χ1v) is 4.95. The van der Waals surface area contributed by atoms with Crippen LogP contribution in [-0.4, -0.2) is 22.6 Å². The van der Waals surface area contributed by atoms with Crippen molar-refractivity contribution in [2.24, 2.45) is 5.41 Å². The van der Waals surface area contributed by atoms with Gasteiger partial charge in [0.1, 0.15) is 0 Å². The van der Waals surface area contributed by atoms with E-state index in [4.69, 9.17) is 9.84 Å². The second kappa shape index (κ2) is 2.72. The number of esters is 1. The standard InChI is InChI=1S/C10H14O4/c1-9(7(11)12)6-10(8(13)14-9)4-2-3-5-10/h2-6H2,1H3,(H,11,12). The van der Waals surface area contributed by atoms with Crippen LogP contribution in [0.25, 0.3) is 0 Å². The monoisotopic (exact) mass is 198 g/mol. The summed E-state index contributed by atoms with van der Waals surface area (Å²) < 4.78 is 5.01. The van der Waals surface area contributed by atoms with Crippen LogP contribution >= 0.6 is 0 Å². The molecule has 0 aromatic carbocycles. The first kappa shape index (κ1) is 9.49. The molecule has 78 valence electrons. The number of rotatable bonds is 1. The van der Waals surface area contributed by atoms with E-state index in [1.807, 2.05) is 0 Å². The first-order chi connectivity index (χ1) is 6.49. The number of aliphatic carboxylic acids is 1. The molecule has 14 heavy (non-hydrogen) atoms. The van der Waals surface area contributed by atoms with Gasteiger partial charge in [-0.2, -0.15) is 0 Å². The Bertz CT molecular complexity index is 290. The lowest BCUT2D eigenvalue weighted by molar-refractivity contribution is -0.168. The molecule has 4 nitrogen and oxygen atoms in total. The normalized spacial score (nSPS) is 34.8. The van der Waals surface area contributed by atoms with E-state index in [-0.39, 0.29) is 5.97 Å². The number of ether oxygens (including phenoxy) is 1. The topological polar surface area (TPSA) is 63.6 Å². The van der Waals surface area contributed by atoms with Crippen molar-refractivity contribution in [1.29, 1.82) is 0 Å². The maximum atomic E-state index is 11.6. The lowest BCUT2D eigenvalue weighted by Crippen LogP contribution is -2.35. The molecule has 1 aliphatic heterocycles. The summed E-state index contributed by atoms with van der Waals surface area (Å²) >= 11 is 0. The van der Waals surface area contributed by atoms with Gasteiger partial charge in [-0.25, -0.2) is 4.79 Å². The highest BCUT2D eigenvalue weighted by Gasteiger charge is 2.58. The number of carboxylic acids is 1. The summed E-state index contributed by atoms with van der Waals surface area (Å²) in [6, 6.07) is 0. The maximum Gasteiger partial charge on any atom is 0.347 e. The second-order valence-corrected chi connectivity index (χ2v) is 4.59. The third-order valence-electron chi connectivity index (χ3n) is 3.44. The molecule has 0 radical (unpaired) electrons. The minimum Gasteiger partial charge on any atom is -0.478 e. The SMILES string of the molecule is CC1(C(=O)O)CC2(CCCC2)C(=O)O1. The van der Waals surface area contributed by atoms with Crippen molar-refractivity contribution in [3.8, 4) is 0 Å². The Hall–Kier alpha value is -1.06. The van der Waals surface area contributed by atoms with E-state index in [1.54, 1.807) is 0 Å². The maximum absolute atomic E-state index is 11.6. The van der Waals surface area contributed by atoms with Gasteiger partial charge in [-0.3, -0.25) is 4.79 Å². The van der Waals surface area contributed by atoms with E-state index >= 15 is 0 Å². The van der Waals surface area contributed by atoms with E-state index in [1.165, 1.54) is 6.92 Å². The quantitative estimate of drug-likeness (QED) is 0.646. The number of carbonyl (C=O) groups excluding carboxylic acids is 1. The Labute approximate surface area is 82.2 Å². The van der Waals surface area contributed by atoms with Crippen LogP contribution in [0.2, 0.25) is 0 Å². The van der Waals surface area contributed by atoms with Crippen molar-refractivity contribution in [1.82, 2.24) is 0 Å². The number of hydrogen-bond donors (Lipinski definition) is 1. The molecule has 0 amide bonds. The summed E-state index contributed by atoms with van der Waals surface area (Å²) in [5.74, 6) is -1.34. The fourth-order valence-corrected chi connectivity index (χ4v) is 2.62. The summed E-state index contributed by atoms with van der Waals surface area (Å²) in [6.07, 6.45) is 3.92. The van der Waals surface area contributed by atoms with Crippen molar-refractivity contribution in [2.75, 3.05) is 0 Å². The predicted octanol–water partition coefficient (Wildman–Crippen LogP) is 1.34. The van der Waals surface area contributed by atoms with Gasteiger partial charge in [0, 0.05) is 6.42 Å². The van der Waals surface area contributed by atoms with E-state index in [0.717, 1.165) is 25.7 Å². The highest BCUT2D eigenvalue weighted by Crippen LogP contribution is 2.51. The van der Waals surface area contributed by atoms with Crippen molar-refractivity contribution in [3.63, 3.8) is 0 Å². The minimum absolute atomic E-state index is 0.306. The lowest BCUT2D eigenvalue weighted by atomic mass is 9.79. The molecular formula is C10H14O4. The van der Waals surface area contributed by atoms with Gasteiger partial charge in [0.15, 0.2) is 0 Å². The van der Waals surface area contributed by atoms with E-state index in [0.29, 0.717) is 6.42 Å². The van der Waals surface area contributed by atoms with Gasteiger partial charge in [0.25, 0.3) is 0 Å². The third-order valence-corrected chi connectivity index (χ3v) is 3.44. The molecule has 2 aliphatic rings. The fraction of sp³-hybridized carbons (Fsp3) is 0.800. The highest BCUT2D eigenvalue weighted by molar-refractivity contribution is 5.88. The van der Waals surface area contributed by atoms with E-state index < -0.39 is 17.0 Å². The van der Waals surface area contributed by atoms with Crippen molar-refractivity contribution in [2.45, 2.75) is 44.6 Å². The van der Waals surface area contributed by atoms with Gasteiger partial charge in [0.05, 0.1) is 5.41 Å². The van der Waals surface area contributed by atoms with Crippen LogP contribution in [0.3, 0.4) is 0 Å². The summed E-state index contributed by atoms with van der Waals surface area (Å²) in [7, 11) is 0. The Morgan fingerprint density at radius 2 is 2.00 bits per heavy atom. The predicted molar refractivity (Wildman–Crippen MR) is 47.7 cm³/mol. The molecule has 2 fully saturated rings. The average Bonchev–Trinajstić information content (AvgIpc) is 2.61. The van der Waals surface area contributed by atoms with Crippen molar-refractivity contribution in [3.05, 3.63) is 0 Å². The van der Waals surface area contributed by atoms with E-state index in [9.17, 15) is 9.59 Å². The molecule has 1 spiro atoms. The second-order valence-electron chi connectivity index (χ2n) is 4.59. The van der Waals surface area contributed by atoms with E-state index in [2.05, 4.69) is 0 Å². The summed E-state index contributed by atoms with van der Waals surface area (Å²) in [4.78, 5) is 22.6. The number of carbonyl (C=O) groups is 2. The molecule has 4 heteroatoms. The molecule has 1 N–H and O–H groups in total. The first-order valence-electron chi connectivity index (χ1n) is 4.95. The van der Waals surface area contributed by atoms with Crippen molar-refractivity contribution < 1.29 is 19.4 Å². The molecule has 1 atom stereocenters. The van der Waals surface area contributed by atoms with Crippen LogP contribution in [0.1, 0.15) is 39.0 Å². The molecule has 1 saturated carbocycles. The van der Waals surface area contributed by atoms with Crippen LogP contribution in [0.15, 0.2) is 0 Å². The molecule has 0 aromatic heterocycles. The molecule has 1 aliphatic carbocycles. The molecule has 2 rings (SSSR count). The Morgan fingerprint density at radius 1 is 1.43 bits per heavy atom. The molecule has 0 aromatic rings. The number of hydrogen-bond acceptors (Lipinski definition) is 3.